The third kappa shape index (κ3) is 4.25. The van der Waals surface area contributed by atoms with E-state index in [1.165, 1.54) is 12.8 Å². The van der Waals surface area contributed by atoms with Crippen molar-refractivity contribution in [3.05, 3.63) is 66.6 Å². The number of benzene rings is 1. The first kappa shape index (κ1) is 20.0. The van der Waals surface area contributed by atoms with Crippen LogP contribution in [0.25, 0.3) is 22.7 Å². The second-order valence-corrected chi connectivity index (χ2v) is 8.12. The number of furan rings is 1. The lowest BCUT2D eigenvalue weighted by Crippen LogP contribution is -2.33. The van der Waals surface area contributed by atoms with Crippen molar-refractivity contribution in [2.45, 2.75) is 19.8 Å². The van der Waals surface area contributed by atoms with E-state index < -0.39 is 0 Å². The van der Waals surface area contributed by atoms with Gasteiger partial charge in [0, 0.05) is 30.4 Å². The fourth-order valence-electron chi connectivity index (χ4n) is 3.80. The molecule has 8 heteroatoms. The van der Waals surface area contributed by atoms with Gasteiger partial charge in [-0.15, -0.1) is 10.2 Å². The number of rotatable bonds is 5. The number of H-pyrrole nitrogens is 1. The van der Waals surface area contributed by atoms with E-state index in [1.54, 1.807) is 24.5 Å². The van der Waals surface area contributed by atoms with Gasteiger partial charge in [0.05, 0.1) is 12.0 Å². The van der Waals surface area contributed by atoms with E-state index >= 15 is 0 Å². The van der Waals surface area contributed by atoms with Gasteiger partial charge in [0.15, 0.2) is 17.3 Å². The van der Waals surface area contributed by atoms with E-state index in [1.807, 2.05) is 36.4 Å². The summed E-state index contributed by atoms with van der Waals surface area (Å²) in [5.41, 5.74) is 3.35. The number of anilines is 2. The van der Waals surface area contributed by atoms with Crippen LogP contribution in [0.1, 0.15) is 30.3 Å². The van der Waals surface area contributed by atoms with E-state index in [0.29, 0.717) is 17.1 Å². The van der Waals surface area contributed by atoms with Crippen molar-refractivity contribution in [1.29, 1.82) is 0 Å². The van der Waals surface area contributed by atoms with Crippen molar-refractivity contribution in [3.8, 4) is 22.7 Å². The first-order valence-corrected chi connectivity index (χ1v) is 10.8. The van der Waals surface area contributed by atoms with Gasteiger partial charge in [-0.05, 0) is 55.2 Å². The molecule has 8 nitrogen and oxygen atoms in total. The summed E-state index contributed by atoms with van der Waals surface area (Å²) in [5, 5.41) is 18.6. The van der Waals surface area contributed by atoms with E-state index in [0.717, 1.165) is 36.1 Å². The molecule has 0 aliphatic carbocycles. The first-order chi connectivity index (χ1) is 15.7. The molecule has 2 N–H and O–H groups in total. The van der Waals surface area contributed by atoms with Crippen LogP contribution in [-0.4, -0.2) is 39.4 Å². The maximum absolute atomic E-state index is 12.5. The minimum atomic E-state index is -0.299. The number of carbonyl (C=O) groups excluding carboxylic acids is 1. The Kier molecular flexibility index (Phi) is 5.41. The Morgan fingerprint density at radius 1 is 1.09 bits per heavy atom. The maximum atomic E-state index is 12.5. The van der Waals surface area contributed by atoms with E-state index in [4.69, 9.17) is 4.42 Å². The summed E-state index contributed by atoms with van der Waals surface area (Å²) >= 11 is 0. The highest BCUT2D eigenvalue weighted by Gasteiger charge is 2.17. The fraction of sp³-hybridized carbons (Fsp3) is 0.250. The molecule has 1 saturated heterocycles. The van der Waals surface area contributed by atoms with Crippen molar-refractivity contribution < 1.29 is 9.21 Å². The van der Waals surface area contributed by atoms with Gasteiger partial charge in [0.25, 0.3) is 5.91 Å². The number of nitrogens with zero attached hydrogens (tertiary/aromatic N) is 4. The zero-order valence-corrected chi connectivity index (χ0v) is 17.8. The summed E-state index contributed by atoms with van der Waals surface area (Å²) in [5.74, 6) is 2.04. The third-order valence-corrected chi connectivity index (χ3v) is 5.79. The highest BCUT2D eigenvalue weighted by Crippen LogP contribution is 2.24. The number of hydrogen-bond acceptors (Lipinski definition) is 6. The molecule has 1 amide bonds. The van der Waals surface area contributed by atoms with E-state index in [2.05, 4.69) is 37.5 Å². The van der Waals surface area contributed by atoms with Crippen molar-refractivity contribution in [2.75, 3.05) is 23.3 Å². The van der Waals surface area contributed by atoms with Crippen molar-refractivity contribution in [2.24, 2.45) is 5.92 Å². The molecule has 0 atom stereocenters. The van der Waals surface area contributed by atoms with E-state index in [-0.39, 0.29) is 11.6 Å². The second kappa shape index (κ2) is 8.66. The average Bonchev–Trinajstić information content (AvgIpc) is 3.53. The Balaban J connectivity index is 1.23. The standard InChI is InChI=1S/C24H24N6O2/c1-16-10-12-30(13-11-16)23-9-8-19(26-29-23)17-4-6-18(7-5-17)25-24(31)21-15-20(27-28-21)22-3-2-14-32-22/h2-9,14-16H,10-13H2,1H3,(H,25,31)(H,27,28). The Hall–Kier alpha value is -3.94. The molecule has 0 bridgehead atoms. The first-order valence-electron chi connectivity index (χ1n) is 10.8. The summed E-state index contributed by atoms with van der Waals surface area (Å²) in [6.45, 7) is 4.36. The molecule has 0 radical (unpaired) electrons. The number of aromatic nitrogens is 4. The van der Waals surface area contributed by atoms with Gasteiger partial charge >= 0.3 is 0 Å². The van der Waals surface area contributed by atoms with Gasteiger partial charge in [-0.25, -0.2) is 0 Å². The summed E-state index contributed by atoms with van der Waals surface area (Å²) in [6, 6.07) is 16.8. The molecule has 1 aliphatic rings. The molecule has 0 spiro atoms. The minimum absolute atomic E-state index is 0.286. The molecule has 1 fully saturated rings. The Morgan fingerprint density at radius 3 is 2.59 bits per heavy atom. The number of piperidine rings is 1. The lowest BCUT2D eigenvalue weighted by atomic mass is 9.99. The predicted octanol–water partition coefficient (Wildman–Crippen LogP) is 4.62. The molecule has 162 valence electrons. The lowest BCUT2D eigenvalue weighted by Gasteiger charge is -2.30. The normalized spacial score (nSPS) is 14.5. The van der Waals surface area contributed by atoms with Crippen LogP contribution in [0.4, 0.5) is 11.5 Å². The van der Waals surface area contributed by atoms with E-state index in [9.17, 15) is 4.79 Å². The van der Waals surface area contributed by atoms with Gasteiger partial charge in [-0.2, -0.15) is 5.10 Å². The summed E-state index contributed by atoms with van der Waals surface area (Å²) in [6.07, 6.45) is 3.96. The van der Waals surface area contributed by atoms with Gasteiger partial charge in [-0.1, -0.05) is 19.1 Å². The third-order valence-electron chi connectivity index (χ3n) is 5.79. The van der Waals surface area contributed by atoms with Crippen LogP contribution in [-0.2, 0) is 0 Å². The van der Waals surface area contributed by atoms with Crippen LogP contribution in [0, 0.1) is 5.92 Å². The predicted molar refractivity (Wildman–Crippen MR) is 122 cm³/mol. The largest absolute Gasteiger partial charge is 0.463 e. The molecule has 5 rings (SSSR count). The quantitative estimate of drug-likeness (QED) is 0.481. The Morgan fingerprint density at radius 2 is 1.91 bits per heavy atom. The molecule has 32 heavy (non-hydrogen) atoms. The summed E-state index contributed by atoms with van der Waals surface area (Å²) in [4.78, 5) is 14.8. The maximum Gasteiger partial charge on any atom is 0.276 e. The molecule has 0 saturated carbocycles. The number of aromatic amines is 1. The number of nitrogens with one attached hydrogen (secondary N) is 2. The van der Waals surface area contributed by atoms with Crippen LogP contribution in [0.5, 0.6) is 0 Å². The zero-order valence-electron chi connectivity index (χ0n) is 17.8. The molecule has 0 unspecified atom stereocenters. The lowest BCUT2D eigenvalue weighted by molar-refractivity contribution is 0.102. The average molecular weight is 428 g/mol. The Bertz CT molecular complexity index is 1170. The van der Waals surface area contributed by atoms with Crippen LogP contribution in [0.15, 0.2) is 65.3 Å². The number of hydrogen-bond donors (Lipinski definition) is 2. The van der Waals surface area contributed by atoms with Gasteiger partial charge < -0.3 is 14.6 Å². The summed E-state index contributed by atoms with van der Waals surface area (Å²) < 4.78 is 5.32. The highest BCUT2D eigenvalue weighted by atomic mass is 16.3. The molecule has 4 heterocycles. The zero-order chi connectivity index (χ0) is 21.9. The molecule has 1 aromatic carbocycles. The summed E-state index contributed by atoms with van der Waals surface area (Å²) in [7, 11) is 0. The minimum Gasteiger partial charge on any atom is -0.463 e. The fourth-order valence-corrected chi connectivity index (χ4v) is 3.80. The molecular formula is C24H24N6O2. The monoisotopic (exact) mass is 428 g/mol. The molecular weight excluding hydrogens is 404 g/mol. The van der Waals surface area contributed by atoms with Gasteiger partial charge in [0.2, 0.25) is 0 Å². The van der Waals surface area contributed by atoms with Crippen LogP contribution >= 0.6 is 0 Å². The number of carbonyl (C=O) groups is 1. The smallest absolute Gasteiger partial charge is 0.276 e. The van der Waals surface area contributed by atoms with Crippen LogP contribution in [0.3, 0.4) is 0 Å². The van der Waals surface area contributed by atoms with Crippen LogP contribution < -0.4 is 10.2 Å². The molecule has 4 aromatic rings. The van der Waals surface area contributed by atoms with Gasteiger partial charge in [-0.3, -0.25) is 9.89 Å². The van der Waals surface area contributed by atoms with Crippen molar-refractivity contribution in [3.63, 3.8) is 0 Å². The topological polar surface area (TPSA) is 99.9 Å². The van der Waals surface area contributed by atoms with Crippen molar-refractivity contribution >= 4 is 17.4 Å². The van der Waals surface area contributed by atoms with Gasteiger partial charge in [0.1, 0.15) is 5.69 Å². The number of amides is 1. The molecule has 1 aliphatic heterocycles. The molecule has 3 aromatic heterocycles. The van der Waals surface area contributed by atoms with Crippen LogP contribution in [0.2, 0.25) is 0 Å². The Labute approximate surface area is 185 Å². The highest BCUT2D eigenvalue weighted by molar-refractivity contribution is 6.03. The second-order valence-electron chi connectivity index (χ2n) is 8.12. The SMILES string of the molecule is CC1CCN(c2ccc(-c3ccc(NC(=O)c4cc(-c5ccco5)[nH]n4)cc3)nn2)CC1. The van der Waals surface area contributed by atoms with Crippen molar-refractivity contribution in [1.82, 2.24) is 20.4 Å².